The van der Waals surface area contributed by atoms with Crippen molar-refractivity contribution in [3.8, 4) is 5.75 Å². The topological polar surface area (TPSA) is 96.0 Å². The highest BCUT2D eigenvalue weighted by Gasteiger charge is 2.13. The molecule has 0 aliphatic rings. The van der Waals surface area contributed by atoms with E-state index in [2.05, 4.69) is 10.6 Å². The molecule has 9 heteroatoms. The molecule has 1 aromatic carbocycles. The van der Waals surface area contributed by atoms with E-state index in [4.69, 9.17) is 0 Å². The van der Waals surface area contributed by atoms with Crippen molar-refractivity contribution < 1.29 is 23.8 Å². The molecule has 0 fully saturated rings. The van der Waals surface area contributed by atoms with E-state index in [1.165, 1.54) is 6.07 Å². The highest BCUT2D eigenvalue weighted by Crippen LogP contribution is 2.26. The molecule has 0 aliphatic carbocycles. The normalized spacial score (nSPS) is 10.6. The monoisotopic (exact) mass is 370 g/mol. The van der Waals surface area contributed by atoms with Crippen LogP contribution in [0.1, 0.15) is 0 Å². The molecule has 3 N–H and O–H groups in total. The lowest BCUT2D eigenvalue weighted by Gasteiger charge is -2.09. The lowest BCUT2D eigenvalue weighted by molar-refractivity contribution is -0.671. The first kappa shape index (κ1) is 18.2. The van der Waals surface area contributed by atoms with Gasteiger partial charge in [0.25, 0.3) is 11.8 Å². The second-order valence-electron chi connectivity index (χ2n) is 6.33. The van der Waals surface area contributed by atoms with Crippen molar-refractivity contribution in [1.29, 1.82) is 0 Å². The second kappa shape index (κ2) is 7.73. The summed E-state index contributed by atoms with van der Waals surface area (Å²) in [5, 5.41) is 15.5. The quantitative estimate of drug-likeness (QED) is 0.418. The van der Waals surface area contributed by atoms with Gasteiger partial charge in [0, 0.05) is 11.8 Å². The Labute approximate surface area is 156 Å². The molecule has 0 saturated carbocycles. The molecule has 0 unspecified atom stereocenters. The standard InChI is InChI=1S/C18H20N6O3/c1-21-5-7-23(12-21)10-17(26)19-14-3-4-15(16(25)9-14)20-18(27)11-24-8-6-22(2)13-24/h3-9,12-13H,10-11H2,1-2H3,(H-2,19,20,25,26,27)/p+2. The van der Waals surface area contributed by atoms with Crippen LogP contribution in [0.15, 0.2) is 55.6 Å². The summed E-state index contributed by atoms with van der Waals surface area (Å²) in [5.41, 5.74) is 0.733. The van der Waals surface area contributed by atoms with Gasteiger partial charge in [-0.05, 0) is 12.1 Å². The van der Waals surface area contributed by atoms with Gasteiger partial charge in [-0.2, -0.15) is 0 Å². The summed E-state index contributed by atoms with van der Waals surface area (Å²) in [6.45, 7) is 0.293. The number of aromatic hydroxyl groups is 1. The van der Waals surface area contributed by atoms with Crippen molar-refractivity contribution in [2.45, 2.75) is 13.1 Å². The molecule has 0 radical (unpaired) electrons. The maximum Gasteiger partial charge on any atom is 0.266 e. The van der Waals surface area contributed by atoms with Gasteiger partial charge in [0.1, 0.15) is 30.5 Å². The number of hydrogen-bond acceptors (Lipinski definition) is 3. The molecule has 2 amide bonds. The minimum absolute atomic E-state index is 0.119. The lowest BCUT2D eigenvalue weighted by atomic mass is 10.2. The molecule has 0 atom stereocenters. The highest BCUT2D eigenvalue weighted by atomic mass is 16.3. The van der Waals surface area contributed by atoms with E-state index >= 15 is 0 Å². The summed E-state index contributed by atoms with van der Waals surface area (Å²) in [7, 11) is 3.74. The Morgan fingerprint density at radius 3 is 2.00 bits per heavy atom. The van der Waals surface area contributed by atoms with E-state index in [-0.39, 0.29) is 36.3 Å². The van der Waals surface area contributed by atoms with Crippen molar-refractivity contribution in [1.82, 2.24) is 9.13 Å². The summed E-state index contributed by atoms with van der Waals surface area (Å²) >= 11 is 0. The summed E-state index contributed by atoms with van der Waals surface area (Å²) in [6, 6.07) is 4.57. The highest BCUT2D eigenvalue weighted by molar-refractivity contribution is 5.94. The third kappa shape index (κ3) is 4.94. The maximum absolute atomic E-state index is 12.1. The smallest absolute Gasteiger partial charge is 0.266 e. The SMILES string of the molecule is C[n+]1ccn(CC(=O)Nc2ccc(NC(=O)Cn3cc[n+](C)c3)c(O)c2)c1. The Balaban J connectivity index is 1.57. The molecule has 2 aromatic heterocycles. The average molecular weight is 370 g/mol. The Morgan fingerprint density at radius 2 is 1.52 bits per heavy atom. The van der Waals surface area contributed by atoms with Crippen LogP contribution in [-0.4, -0.2) is 26.1 Å². The lowest BCUT2D eigenvalue weighted by Crippen LogP contribution is -2.25. The third-order valence-electron chi connectivity index (χ3n) is 3.86. The van der Waals surface area contributed by atoms with Crippen LogP contribution in [0.4, 0.5) is 11.4 Å². The average Bonchev–Trinajstić information content (AvgIpc) is 3.18. The van der Waals surface area contributed by atoms with Crippen LogP contribution in [-0.2, 0) is 36.8 Å². The van der Waals surface area contributed by atoms with Gasteiger partial charge in [-0.1, -0.05) is 0 Å². The van der Waals surface area contributed by atoms with E-state index in [9.17, 15) is 14.7 Å². The number of nitrogens with zero attached hydrogens (tertiary/aromatic N) is 4. The van der Waals surface area contributed by atoms with Gasteiger partial charge in [0.2, 0.25) is 12.7 Å². The number of phenolic OH excluding ortho intramolecular Hbond substituents is 1. The fourth-order valence-electron chi connectivity index (χ4n) is 2.63. The number of aromatic nitrogens is 4. The first-order chi connectivity index (χ1) is 12.9. The number of carbonyl (C=O) groups is 2. The molecule has 0 aliphatic heterocycles. The zero-order valence-corrected chi connectivity index (χ0v) is 15.2. The van der Waals surface area contributed by atoms with Crippen LogP contribution in [0.2, 0.25) is 0 Å². The van der Waals surface area contributed by atoms with Crippen LogP contribution in [0.3, 0.4) is 0 Å². The van der Waals surface area contributed by atoms with Crippen molar-refractivity contribution in [2.75, 3.05) is 10.6 Å². The Morgan fingerprint density at radius 1 is 0.963 bits per heavy atom. The van der Waals surface area contributed by atoms with Gasteiger partial charge in [-0.15, -0.1) is 0 Å². The number of rotatable bonds is 6. The number of phenols is 1. The van der Waals surface area contributed by atoms with Gasteiger partial charge in [0.15, 0.2) is 13.1 Å². The first-order valence-corrected chi connectivity index (χ1v) is 8.34. The van der Waals surface area contributed by atoms with Crippen LogP contribution >= 0.6 is 0 Å². The van der Waals surface area contributed by atoms with Crippen LogP contribution in [0, 0.1) is 0 Å². The number of anilines is 2. The Hall–Kier alpha value is -3.62. The van der Waals surface area contributed by atoms with Crippen molar-refractivity contribution in [2.24, 2.45) is 14.1 Å². The van der Waals surface area contributed by atoms with E-state index < -0.39 is 0 Å². The number of aryl methyl sites for hydroxylation is 2. The van der Waals surface area contributed by atoms with Crippen LogP contribution < -0.4 is 19.8 Å². The zero-order valence-electron chi connectivity index (χ0n) is 15.2. The number of hydrogen-bond donors (Lipinski definition) is 3. The van der Waals surface area contributed by atoms with E-state index in [1.807, 2.05) is 35.6 Å². The van der Waals surface area contributed by atoms with E-state index in [1.54, 1.807) is 46.3 Å². The molecule has 0 spiro atoms. The summed E-state index contributed by atoms with van der Waals surface area (Å²) in [4.78, 5) is 24.2. The summed E-state index contributed by atoms with van der Waals surface area (Å²) in [5.74, 6) is -0.604. The number of carbonyl (C=O) groups excluding carboxylic acids is 2. The van der Waals surface area contributed by atoms with Gasteiger partial charge >= 0.3 is 0 Å². The largest absolute Gasteiger partial charge is 0.506 e. The second-order valence-corrected chi connectivity index (χ2v) is 6.33. The third-order valence-corrected chi connectivity index (χ3v) is 3.86. The van der Waals surface area contributed by atoms with E-state index in [0.29, 0.717) is 5.69 Å². The van der Waals surface area contributed by atoms with Crippen molar-refractivity contribution in [3.05, 3.63) is 55.6 Å². The van der Waals surface area contributed by atoms with Gasteiger partial charge in [-0.25, -0.2) is 18.3 Å². The fraction of sp³-hybridized carbons (Fsp3) is 0.222. The minimum atomic E-state index is -0.265. The molecular weight excluding hydrogens is 348 g/mol. The molecule has 27 heavy (non-hydrogen) atoms. The number of nitrogens with one attached hydrogen (secondary N) is 2. The minimum Gasteiger partial charge on any atom is -0.506 e. The molecule has 140 valence electrons. The van der Waals surface area contributed by atoms with Gasteiger partial charge in [-0.3, -0.25) is 9.59 Å². The van der Waals surface area contributed by atoms with Gasteiger partial charge < -0.3 is 15.7 Å². The summed E-state index contributed by atoms with van der Waals surface area (Å²) in [6.07, 6.45) is 10.8. The summed E-state index contributed by atoms with van der Waals surface area (Å²) < 4.78 is 7.13. The predicted molar refractivity (Wildman–Crippen MR) is 96.6 cm³/mol. The van der Waals surface area contributed by atoms with Crippen molar-refractivity contribution in [3.63, 3.8) is 0 Å². The Bertz CT molecular complexity index is 975. The molecular formula is C18H22N6O3+2. The number of imidazole rings is 2. The molecule has 3 aromatic rings. The maximum atomic E-state index is 12.1. The van der Waals surface area contributed by atoms with Crippen molar-refractivity contribution >= 4 is 23.2 Å². The molecule has 3 rings (SSSR count). The molecule has 0 saturated heterocycles. The van der Waals surface area contributed by atoms with Crippen LogP contribution in [0.25, 0.3) is 0 Å². The molecule has 9 nitrogen and oxygen atoms in total. The Kier molecular flexibility index (Phi) is 5.20. The molecule has 2 heterocycles. The number of amides is 2. The molecule has 0 bridgehead atoms. The van der Waals surface area contributed by atoms with E-state index in [0.717, 1.165) is 0 Å². The predicted octanol–water partition coefficient (Wildman–Crippen LogP) is -0.0784. The van der Waals surface area contributed by atoms with Gasteiger partial charge in [0.05, 0.1) is 19.8 Å². The first-order valence-electron chi connectivity index (χ1n) is 8.34. The fourth-order valence-corrected chi connectivity index (χ4v) is 2.63. The zero-order chi connectivity index (χ0) is 19.4. The number of benzene rings is 1. The van der Waals surface area contributed by atoms with Crippen LogP contribution in [0.5, 0.6) is 5.75 Å².